The topological polar surface area (TPSA) is 122 Å². The van der Waals surface area contributed by atoms with Crippen LogP contribution in [0.25, 0.3) is 0 Å². The second kappa shape index (κ2) is 10.1. The summed E-state index contributed by atoms with van der Waals surface area (Å²) in [6, 6.07) is 13.6. The van der Waals surface area contributed by atoms with Crippen molar-refractivity contribution in [3.63, 3.8) is 0 Å². The third-order valence-corrected chi connectivity index (χ3v) is 4.28. The van der Waals surface area contributed by atoms with Gasteiger partial charge in [0, 0.05) is 24.7 Å². The van der Waals surface area contributed by atoms with Gasteiger partial charge < -0.3 is 15.7 Å². The van der Waals surface area contributed by atoms with E-state index in [9.17, 15) is 19.7 Å². The molecular formula is C20H23N3O5. The molecule has 0 radical (unpaired) electrons. The second-order valence-electron chi connectivity index (χ2n) is 6.36. The van der Waals surface area contributed by atoms with Crippen molar-refractivity contribution in [2.75, 3.05) is 11.9 Å². The predicted octanol–water partition coefficient (Wildman–Crippen LogP) is 3.44. The number of amides is 1. The highest BCUT2D eigenvalue weighted by Crippen LogP contribution is 2.26. The highest BCUT2D eigenvalue weighted by Gasteiger charge is 2.20. The maximum atomic E-state index is 12.3. The molecule has 148 valence electrons. The van der Waals surface area contributed by atoms with Gasteiger partial charge in [-0.1, -0.05) is 43.7 Å². The van der Waals surface area contributed by atoms with Gasteiger partial charge in [-0.2, -0.15) is 0 Å². The molecule has 0 spiro atoms. The molecule has 0 aliphatic rings. The maximum absolute atomic E-state index is 12.3. The molecule has 1 amide bonds. The minimum absolute atomic E-state index is 0.0240. The van der Waals surface area contributed by atoms with Crippen molar-refractivity contribution >= 4 is 23.3 Å². The Morgan fingerprint density at radius 2 is 1.89 bits per heavy atom. The molecule has 0 fully saturated rings. The van der Waals surface area contributed by atoms with Gasteiger partial charge in [-0.05, 0) is 24.1 Å². The summed E-state index contributed by atoms with van der Waals surface area (Å²) in [6.07, 6.45) is 1.12. The van der Waals surface area contributed by atoms with Gasteiger partial charge in [0.1, 0.15) is 5.69 Å². The van der Waals surface area contributed by atoms with Gasteiger partial charge in [0.25, 0.3) is 11.6 Å². The van der Waals surface area contributed by atoms with Crippen molar-refractivity contribution < 1.29 is 19.6 Å². The van der Waals surface area contributed by atoms with Crippen molar-refractivity contribution in [2.24, 2.45) is 5.92 Å². The molecule has 3 N–H and O–H groups in total. The molecule has 8 heteroatoms. The first-order chi connectivity index (χ1) is 13.4. The Hall–Kier alpha value is -3.42. The summed E-state index contributed by atoms with van der Waals surface area (Å²) in [5.74, 6) is -2.20. The Morgan fingerprint density at radius 3 is 2.50 bits per heavy atom. The average Bonchev–Trinajstić information content (AvgIpc) is 2.69. The lowest BCUT2D eigenvalue weighted by atomic mass is 10.0. The smallest absolute Gasteiger partial charge is 0.308 e. The summed E-state index contributed by atoms with van der Waals surface area (Å²) in [6.45, 7) is 2.25. The minimum atomic E-state index is -0.978. The average molecular weight is 385 g/mol. The lowest BCUT2D eigenvalue weighted by Gasteiger charge is -2.13. The highest BCUT2D eigenvalue weighted by atomic mass is 16.6. The van der Waals surface area contributed by atoms with E-state index < -0.39 is 22.7 Å². The van der Waals surface area contributed by atoms with Gasteiger partial charge in [0.15, 0.2) is 0 Å². The number of nitro benzene ring substituents is 1. The number of carboxylic acids is 1. The number of carboxylic acid groups (broad SMARTS) is 1. The van der Waals surface area contributed by atoms with Crippen molar-refractivity contribution in [2.45, 2.75) is 26.3 Å². The van der Waals surface area contributed by atoms with E-state index in [0.717, 1.165) is 5.56 Å². The molecule has 0 saturated carbocycles. The second-order valence-corrected chi connectivity index (χ2v) is 6.36. The molecule has 2 rings (SSSR count). The zero-order chi connectivity index (χ0) is 20.5. The molecule has 0 saturated heterocycles. The van der Waals surface area contributed by atoms with Gasteiger partial charge in [-0.25, -0.2) is 0 Å². The molecule has 0 bridgehead atoms. The van der Waals surface area contributed by atoms with Gasteiger partial charge in [0.05, 0.1) is 10.8 Å². The van der Waals surface area contributed by atoms with Crippen LogP contribution in [-0.2, 0) is 11.3 Å². The molecule has 28 heavy (non-hydrogen) atoms. The number of hydrogen-bond donors (Lipinski definition) is 3. The SMILES string of the molecule is CCCC(CNC(=O)c1ccc(NCc2ccccc2)c([N+](=O)[O-])c1)C(=O)O. The lowest BCUT2D eigenvalue weighted by Crippen LogP contribution is -2.33. The van der Waals surface area contributed by atoms with Crippen molar-refractivity contribution in [3.05, 3.63) is 69.8 Å². The summed E-state index contributed by atoms with van der Waals surface area (Å²) < 4.78 is 0. The normalized spacial score (nSPS) is 11.5. The summed E-state index contributed by atoms with van der Waals surface area (Å²) in [7, 11) is 0. The molecular weight excluding hydrogens is 362 g/mol. The van der Waals surface area contributed by atoms with Crippen LogP contribution >= 0.6 is 0 Å². The number of nitrogens with one attached hydrogen (secondary N) is 2. The zero-order valence-electron chi connectivity index (χ0n) is 15.6. The van der Waals surface area contributed by atoms with Crippen LogP contribution in [-0.4, -0.2) is 28.5 Å². The van der Waals surface area contributed by atoms with Crippen LogP contribution in [0.2, 0.25) is 0 Å². The Bertz CT molecular complexity index is 839. The molecule has 0 heterocycles. The van der Waals surface area contributed by atoms with Gasteiger partial charge in [-0.15, -0.1) is 0 Å². The van der Waals surface area contributed by atoms with Crippen LogP contribution in [0.3, 0.4) is 0 Å². The molecule has 1 atom stereocenters. The largest absolute Gasteiger partial charge is 0.481 e. The third kappa shape index (κ3) is 5.80. The van der Waals surface area contributed by atoms with Crippen LogP contribution in [0, 0.1) is 16.0 Å². The highest BCUT2D eigenvalue weighted by molar-refractivity contribution is 5.96. The van der Waals surface area contributed by atoms with Crippen molar-refractivity contribution in [3.8, 4) is 0 Å². The Balaban J connectivity index is 2.09. The molecule has 0 aromatic heterocycles. The van der Waals surface area contributed by atoms with E-state index in [2.05, 4.69) is 10.6 Å². The first-order valence-corrected chi connectivity index (χ1v) is 8.99. The fourth-order valence-electron chi connectivity index (χ4n) is 2.75. The number of nitro groups is 1. The first kappa shape index (κ1) is 20.9. The van der Waals surface area contributed by atoms with E-state index in [0.29, 0.717) is 25.1 Å². The summed E-state index contributed by atoms with van der Waals surface area (Å²) in [5.41, 5.74) is 1.17. The van der Waals surface area contributed by atoms with E-state index in [1.54, 1.807) is 0 Å². The number of nitrogens with zero attached hydrogens (tertiary/aromatic N) is 1. The van der Waals surface area contributed by atoms with E-state index in [1.807, 2.05) is 37.3 Å². The van der Waals surface area contributed by atoms with Gasteiger partial charge in [-0.3, -0.25) is 19.7 Å². The van der Waals surface area contributed by atoms with E-state index >= 15 is 0 Å². The Morgan fingerprint density at radius 1 is 1.18 bits per heavy atom. The standard InChI is InChI=1S/C20H23N3O5/c1-2-6-16(20(25)26)13-22-19(24)15-9-10-17(18(11-15)23(27)28)21-12-14-7-4-3-5-8-14/h3-5,7-11,16,21H,2,6,12-13H2,1H3,(H,22,24)(H,25,26). The zero-order valence-corrected chi connectivity index (χ0v) is 15.6. The van der Waals surface area contributed by atoms with Crippen LogP contribution in [0.1, 0.15) is 35.7 Å². The van der Waals surface area contributed by atoms with Crippen molar-refractivity contribution in [1.82, 2.24) is 5.32 Å². The molecule has 0 aliphatic carbocycles. The molecule has 2 aromatic carbocycles. The molecule has 1 unspecified atom stereocenters. The van der Waals surface area contributed by atoms with Gasteiger partial charge in [0.2, 0.25) is 0 Å². The fourth-order valence-corrected chi connectivity index (χ4v) is 2.75. The van der Waals surface area contributed by atoms with E-state index in [1.165, 1.54) is 18.2 Å². The Labute approximate surface area is 162 Å². The summed E-state index contributed by atoms with van der Waals surface area (Å²) in [4.78, 5) is 34.3. The maximum Gasteiger partial charge on any atom is 0.308 e. The monoisotopic (exact) mass is 385 g/mol. The number of carbonyl (C=O) groups is 2. The minimum Gasteiger partial charge on any atom is -0.481 e. The number of aliphatic carboxylic acids is 1. The van der Waals surface area contributed by atoms with E-state index in [4.69, 9.17) is 5.11 Å². The quantitative estimate of drug-likeness (QED) is 0.425. The van der Waals surface area contributed by atoms with Crippen LogP contribution < -0.4 is 10.6 Å². The molecule has 2 aromatic rings. The van der Waals surface area contributed by atoms with Crippen LogP contribution in [0.4, 0.5) is 11.4 Å². The van der Waals surface area contributed by atoms with Gasteiger partial charge >= 0.3 is 5.97 Å². The third-order valence-electron chi connectivity index (χ3n) is 4.28. The molecule has 8 nitrogen and oxygen atoms in total. The number of benzene rings is 2. The number of anilines is 1. The van der Waals surface area contributed by atoms with E-state index in [-0.39, 0.29) is 17.8 Å². The van der Waals surface area contributed by atoms with Crippen LogP contribution in [0.5, 0.6) is 0 Å². The molecule has 0 aliphatic heterocycles. The fraction of sp³-hybridized carbons (Fsp3) is 0.300. The number of hydrogen-bond acceptors (Lipinski definition) is 5. The first-order valence-electron chi connectivity index (χ1n) is 8.99. The summed E-state index contributed by atoms with van der Waals surface area (Å²) >= 11 is 0. The lowest BCUT2D eigenvalue weighted by molar-refractivity contribution is -0.384. The Kier molecular flexibility index (Phi) is 7.50. The summed E-state index contributed by atoms with van der Waals surface area (Å²) in [5, 5.41) is 26.1. The predicted molar refractivity (Wildman–Crippen MR) is 105 cm³/mol. The van der Waals surface area contributed by atoms with Crippen LogP contribution in [0.15, 0.2) is 48.5 Å². The number of carbonyl (C=O) groups excluding carboxylic acids is 1. The number of rotatable bonds is 10. The van der Waals surface area contributed by atoms with Crippen molar-refractivity contribution in [1.29, 1.82) is 0 Å².